The highest BCUT2D eigenvalue weighted by atomic mass is 127. The molecule has 0 saturated carbocycles. The third-order valence-corrected chi connectivity index (χ3v) is 4.51. The van der Waals surface area contributed by atoms with Crippen molar-refractivity contribution in [2.45, 2.75) is 13.5 Å². The summed E-state index contributed by atoms with van der Waals surface area (Å²) in [5.74, 6) is 0.254. The van der Waals surface area contributed by atoms with Gasteiger partial charge in [0.1, 0.15) is 6.54 Å². The fourth-order valence-electron chi connectivity index (χ4n) is 3.04. The van der Waals surface area contributed by atoms with Crippen LogP contribution in [0.2, 0.25) is 0 Å². The van der Waals surface area contributed by atoms with E-state index < -0.39 is 5.91 Å². The molecule has 1 aromatic heterocycles. The lowest BCUT2D eigenvalue weighted by Crippen LogP contribution is -2.55. The highest BCUT2D eigenvalue weighted by molar-refractivity contribution is 14.0. The summed E-state index contributed by atoms with van der Waals surface area (Å²) < 4.78 is 1.68. The first-order valence-corrected chi connectivity index (χ1v) is 9.19. The summed E-state index contributed by atoms with van der Waals surface area (Å²) in [6.45, 7) is 4.64. The Morgan fingerprint density at radius 1 is 1.28 bits per heavy atom. The molecule has 1 saturated heterocycles. The number of aliphatic imine (C=N–C) groups is 1. The molecule has 0 aliphatic carbocycles. The molecule has 10 heteroatoms. The van der Waals surface area contributed by atoms with Crippen LogP contribution in [0.4, 0.5) is 5.69 Å². The van der Waals surface area contributed by atoms with E-state index in [0.717, 1.165) is 11.3 Å². The van der Waals surface area contributed by atoms with Crippen LogP contribution in [0.15, 0.2) is 41.7 Å². The van der Waals surface area contributed by atoms with Gasteiger partial charge in [-0.15, -0.1) is 24.0 Å². The number of amides is 2. The minimum absolute atomic E-state index is 0. The van der Waals surface area contributed by atoms with Crippen molar-refractivity contribution in [2.24, 2.45) is 17.8 Å². The SMILES string of the molecule is CCNC(=NCc1ccc(C(N)=O)cc1)N1CCN(c2cnn(C)c2)C(=O)C1.I. The number of rotatable bonds is 5. The monoisotopic (exact) mass is 511 g/mol. The zero-order chi connectivity index (χ0) is 20.1. The van der Waals surface area contributed by atoms with Crippen LogP contribution in [0.5, 0.6) is 0 Å². The van der Waals surface area contributed by atoms with Crippen molar-refractivity contribution in [1.29, 1.82) is 0 Å². The first-order valence-electron chi connectivity index (χ1n) is 9.19. The molecule has 29 heavy (non-hydrogen) atoms. The number of hydrogen-bond acceptors (Lipinski definition) is 4. The molecule has 0 bridgehead atoms. The van der Waals surface area contributed by atoms with Crippen molar-refractivity contribution in [3.63, 3.8) is 0 Å². The average Bonchev–Trinajstić information content (AvgIpc) is 3.11. The Kier molecular flexibility index (Phi) is 8.00. The van der Waals surface area contributed by atoms with Crippen LogP contribution < -0.4 is 16.0 Å². The summed E-state index contributed by atoms with van der Waals surface area (Å²) >= 11 is 0. The third kappa shape index (κ3) is 5.68. The lowest BCUT2D eigenvalue weighted by molar-refractivity contribution is -0.120. The average molecular weight is 511 g/mol. The molecule has 3 rings (SSSR count). The van der Waals surface area contributed by atoms with E-state index in [0.29, 0.717) is 37.7 Å². The van der Waals surface area contributed by atoms with Gasteiger partial charge in [0.2, 0.25) is 11.8 Å². The first-order chi connectivity index (χ1) is 13.5. The smallest absolute Gasteiger partial charge is 0.248 e. The second-order valence-corrected chi connectivity index (χ2v) is 6.57. The molecule has 9 nitrogen and oxygen atoms in total. The number of carbonyl (C=O) groups is 2. The minimum Gasteiger partial charge on any atom is -0.366 e. The number of anilines is 1. The Bertz CT molecular complexity index is 879. The number of nitrogens with zero attached hydrogens (tertiary/aromatic N) is 5. The van der Waals surface area contributed by atoms with E-state index in [-0.39, 0.29) is 36.4 Å². The van der Waals surface area contributed by atoms with E-state index in [9.17, 15) is 9.59 Å². The van der Waals surface area contributed by atoms with Crippen LogP contribution in [0.3, 0.4) is 0 Å². The maximum absolute atomic E-state index is 12.6. The Balaban J connectivity index is 0.00000300. The van der Waals surface area contributed by atoms with Gasteiger partial charge < -0.3 is 20.9 Å². The summed E-state index contributed by atoms with van der Waals surface area (Å²) in [5, 5.41) is 7.38. The second kappa shape index (κ2) is 10.2. The van der Waals surface area contributed by atoms with Gasteiger partial charge in [0.05, 0.1) is 18.4 Å². The van der Waals surface area contributed by atoms with Gasteiger partial charge in [-0.3, -0.25) is 14.3 Å². The summed E-state index contributed by atoms with van der Waals surface area (Å²) in [6, 6.07) is 7.05. The van der Waals surface area contributed by atoms with Crippen LogP contribution >= 0.6 is 24.0 Å². The second-order valence-electron chi connectivity index (χ2n) is 6.57. The van der Waals surface area contributed by atoms with Gasteiger partial charge in [0, 0.05) is 38.4 Å². The molecule has 1 aromatic carbocycles. The Labute approximate surface area is 187 Å². The van der Waals surface area contributed by atoms with Crippen LogP contribution in [-0.2, 0) is 18.4 Å². The number of aromatic nitrogens is 2. The van der Waals surface area contributed by atoms with E-state index in [1.165, 1.54) is 0 Å². The molecule has 0 radical (unpaired) electrons. The fourth-order valence-corrected chi connectivity index (χ4v) is 3.04. The summed E-state index contributed by atoms with van der Waals surface area (Å²) in [7, 11) is 1.83. The maximum Gasteiger partial charge on any atom is 0.248 e. The number of nitrogens with one attached hydrogen (secondary N) is 1. The number of aryl methyl sites for hydroxylation is 1. The van der Waals surface area contributed by atoms with Crippen molar-refractivity contribution in [2.75, 3.05) is 31.1 Å². The lowest BCUT2D eigenvalue weighted by atomic mass is 10.1. The molecule has 0 unspecified atom stereocenters. The largest absolute Gasteiger partial charge is 0.366 e. The number of hydrogen-bond donors (Lipinski definition) is 2. The summed E-state index contributed by atoms with van der Waals surface area (Å²) in [5.41, 5.74) is 7.50. The predicted octanol–water partition coefficient (Wildman–Crippen LogP) is 0.951. The van der Waals surface area contributed by atoms with Gasteiger partial charge in [-0.1, -0.05) is 12.1 Å². The molecular formula is C19H26IN7O2. The van der Waals surface area contributed by atoms with Crippen molar-refractivity contribution in [3.8, 4) is 0 Å². The Morgan fingerprint density at radius 2 is 2.00 bits per heavy atom. The van der Waals surface area contributed by atoms with E-state index >= 15 is 0 Å². The molecule has 1 fully saturated rings. The topological polar surface area (TPSA) is 109 Å². The zero-order valence-electron chi connectivity index (χ0n) is 16.5. The number of carbonyl (C=O) groups excluding carboxylic acids is 2. The maximum atomic E-state index is 12.6. The molecule has 2 amide bonds. The van der Waals surface area contributed by atoms with Crippen LogP contribution in [0, 0.1) is 0 Å². The van der Waals surface area contributed by atoms with Crippen LogP contribution in [0.1, 0.15) is 22.8 Å². The Hall–Kier alpha value is -2.63. The summed E-state index contributed by atoms with van der Waals surface area (Å²) in [6.07, 6.45) is 3.53. The highest BCUT2D eigenvalue weighted by Gasteiger charge is 2.27. The van der Waals surface area contributed by atoms with Crippen molar-refractivity contribution < 1.29 is 9.59 Å². The van der Waals surface area contributed by atoms with E-state index in [1.54, 1.807) is 27.9 Å². The number of guanidine groups is 1. The van der Waals surface area contributed by atoms with Gasteiger partial charge in [-0.25, -0.2) is 4.99 Å². The van der Waals surface area contributed by atoms with Gasteiger partial charge in [0.15, 0.2) is 5.96 Å². The minimum atomic E-state index is -0.451. The molecule has 1 aliphatic rings. The zero-order valence-corrected chi connectivity index (χ0v) is 18.9. The van der Waals surface area contributed by atoms with E-state index in [2.05, 4.69) is 15.4 Å². The number of primary amides is 1. The highest BCUT2D eigenvalue weighted by Crippen LogP contribution is 2.16. The molecule has 3 N–H and O–H groups in total. The van der Waals surface area contributed by atoms with Gasteiger partial charge in [0.25, 0.3) is 0 Å². The first kappa shape index (κ1) is 22.7. The van der Waals surface area contributed by atoms with Crippen molar-refractivity contribution in [1.82, 2.24) is 20.0 Å². The molecule has 2 aromatic rings. The standard InChI is InChI=1S/C19H25N7O2.HI/c1-3-21-19(22-10-14-4-6-15(7-5-14)18(20)28)25-8-9-26(17(27)13-25)16-11-23-24(2)12-16;/h4-7,11-12H,3,8-10,13H2,1-2H3,(H2,20,28)(H,21,22);1H. The van der Waals surface area contributed by atoms with E-state index in [4.69, 9.17) is 5.73 Å². The Morgan fingerprint density at radius 3 is 2.55 bits per heavy atom. The van der Waals surface area contributed by atoms with Crippen molar-refractivity contribution >= 4 is 47.4 Å². The normalized spacial score (nSPS) is 14.6. The van der Waals surface area contributed by atoms with Gasteiger partial charge in [-0.2, -0.15) is 5.10 Å². The molecule has 0 atom stereocenters. The van der Waals surface area contributed by atoms with Crippen LogP contribution in [0.25, 0.3) is 0 Å². The predicted molar refractivity (Wildman–Crippen MR) is 122 cm³/mol. The fraction of sp³-hybridized carbons (Fsp3) is 0.368. The van der Waals surface area contributed by atoms with Crippen LogP contribution in [-0.4, -0.2) is 58.6 Å². The molecule has 156 valence electrons. The third-order valence-electron chi connectivity index (χ3n) is 4.51. The molecular weight excluding hydrogens is 485 g/mol. The number of piperazine rings is 1. The summed E-state index contributed by atoms with van der Waals surface area (Å²) in [4.78, 5) is 32.1. The quantitative estimate of drug-likeness (QED) is 0.353. The molecule has 1 aliphatic heterocycles. The lowest BCUT2D eigenvalue weighted by Gasteiger charge is -2.35. The molecule has 2 heterocycles. The van der Waals surface area contributed by atoms with E-state index in [1.807, 2.05) is 37.2 Å². The number of nitrogens with two attached hydrogens (primary N) is 1. The number of benzene rings is 1. The van der Waals surface area contributed by atoms with Gasteiger partial charge in [-0.05, 0) is 24.6 Å². The van der Waals surface area contributed by atoms with Crippen molar-refractivity contribution in [3.05, 3.63) is 47.8 Å². The van der Waals surface area contributed by atoms with Gasteiger partial charge >= 0.3 is 0 Å². The molecule has 0 spiro atoms. The number of halogens is 1.